The van der Waals surface area contributed by atoms with E-state index in [0.29, 0.717) is 40.9 Å². The minimum atomic E-state index is -0.547. The molecule has 1 N–H and O–H groups in total. The number of nitrogens with zero attached hydrogens (tertiary/aromatic N) is 5. The lowest BCUT2D eigenvalue weighted by Crippen LogP contribution is -2.42. The van der Waals surface area contributed by atoms with Gasteiger partial charge in [-0.05, 0) is 73.8 Å². The summed E-state index contributed by atoms with van der Waals surface area (Å²) in [6, 6.07) is 8.48. The average Bonchev–Trinajstić information content (AvgIpc) is 3.29. The van der Waals surface area contributed by atoms with Crippen molar-refractivity contribution in [3.8, 4) is 11.5 Å². The number of likely N-dealkylation sites (tertiary alicyclic amines) is 1. The van der Waals surface area contributed by atoms with Gasteiger partial charge in [0.25, 0.3) is 5.91 Å². The van der Waals surface area contributed by atoms with Crippen LogP contribution in [0, 0.1) is 0 Å². The monoisotopic (exact) mass is 528 g/mol. The van der Waals surface area contributed by atoms with Crippen LogP contribution in [0.2, 0.25) is 0 Å². The largest absolute Gasteiger partial charge is 0.444 e. The van der Waals surface area contributed by atoms with Crippen LogP contribution in [-0.2, 0) is 4.74 Å². The summed E-state index contributed by atoms with van der Waals surface area (Å²) < 4.78 is 12.0. The Bertz CT molecular complexity index is 1170. The number of hydrogen-bond donors (Lipinski definition) is 1. The van der Waals surface area contributed by atoms with Gasteiger partial charge in [0.05, 0.1) is 11.5 Å². The molecule has 0 unspecified atom stereocenters. The van der Waals surface area contributed by atoms with Gasteiger partial charge in [-0.15, -0.1) is 10.2 Å². The summed E-state index contributed by atoms with van der Waals surface area (Å²) in [5.41, 5.74) is 0.348. The summed E-state index contributed by atoms with van der Waals surface area (Å²) in [4.78, 5) is 34.8. The van der Waals surface area contributed by atoms with E-state index in [0.717, 1.165) is 12.8 Å². The molecule has 4 rings (SSSR count). The first-order valence-electron chi connectivity index (χ1n) is 10.9. The molecule has 1 atom stereocenters. The molecule has 0 aromatic carbocycles. The van der Waals surface area contributed by atoms with Crippen LogP contribution in [0.3, 0.4) is 0 Å². The Hall–Kier alpha value is -3.34. The predicted molar refractivity (Wildman–Crippen MR) is 127 cm³/mol. The maximum absolute atomic E-state index is 12.4. The fourth-order valence-corrected chi connectivity index (χ4v) is 3.84. The Morgan fingerprint density at radius 1 is 1.21 bits per heavy atom. The summed E-state index contributed by atoms with van der Waals surface area (Å²) in [5, 5.41) is 11.0. The fraction of sp³-hybridized carbons (Fsp3) is 0.391. The molecule has 0 bridgehead atoms. The lowest BCUT2D eigenvalue weighted by atomic mass is 9.98. The van der Waals surface area contributed by atoms with Gasteiger partial charge in [0, 0.05) is 19.3 Å². The molecule has 2 amide bonds. The molecule has 0 radical (unpaired) electrons. The summed E-state index contributed by atoms with van der Waals surface area (Å²) in [6.45, 7) is 6.64. The topological polar surface area (TPSA) is 123 Å². The second kappa shape index (κ2) is 9.88. The van der Waals surface area contributed by atoms with Crippen molar-refractivity contribution < 1.29 is 18.7 Å². The van der Waals surface area contributed by atoms with E-state index in [9.17, 15) is 9.59 Å². The first-order chi connectivity index (χ1) is 16.2. The third-order valence-electron chi connectivity index (χ3n) is 5.06. The van der Waals surface area contributed by atoms with Crippen LogP contribution in [0.25, 0.3) is 11.5 Å². The van der Waals surface area contributed by atoms with Gasteiger partial charge in [-0.3, -0.25) is 4.79 Å². The van der Waals surface area contributed by atoms with Crippen molar-refractivity contribution >= 4 is 33.7 Å². The number of anilines is 1. The quantitative estimate of drug-likeness (QED) is 0.485. The maximum Gasteiger partial charge on any atom is 0.410 e. The number of hydrogen-bond acceptors (Lipinski definition) is 8. The van der Waals surface area contributed by atoms with Crippen LogP contribution in [-0.4, -0.2) is 55.8 Å². The molecule has 1 fully saturated rings. The van der Waals surface area contributed by atoms with Crippen LogP contribution in [0.4, 0.5) is 10.6 Å². The summed E-state index contributed by atoms with van der Waals surface area (Å²) in [6.07, 6.45) is 2.88. The lowest BCUT2D eigenvalue weighted by molar-refractivity contribution is 0.0190. The normalized spacial score (nSPS) is 16.2. The van der Waals surface area contributed by atoms with E-state index in [1.807, 2.05) is 20.8 Å². The van der Waals surface area contributed by atoms with Gasteiger partial charge in [0.2, 0.25) is 11.8 Å². The highest BCUT2D eigenvalue weighted by molar-refractivity contribution is 9.10. The molecule has 3 aromatic heterocycles. The summed E-state index contributed by atoms with van der Waals surface area (Å²) in [7, 11) is 0. The smallest absolute Gasteiger partial charge is 0.410 e. The molecular formula is C23H25BrN6O4. The van der Waals surface area contributed by atoms with Gasteiger partial charge in [0.1, 0.15) is 21.7 Å². The Balaban J connectivity index is 1.40. The van der Waals surface area contributed by atoms with Crippen molar-refractivity contribution in [3.63, 3.8) is 0 Å². The molecule has 11 heteroatoms. The Labute approximate surface area is 205 Å². The number of carbonyl (C=O) groups excluding carboxylic acids is 2. The van der Waals surface area contributed by atoms with E-state index >= 15 is 0 Å². The van der Waals surface area contributed by atoms with Crippen molar-refractivity contribution in [3.05, 3.63) is 52.7 Å². The highest BCUT2D eigenvalue weighted by Gasteiger charge is 2.31. The summed E-state index contributed by atoms with van der Waals surface area (Å²) >= 11 is 3.25. The number of rotatable bonds is 4. The zero-order valence-corrected chi connectivity index (χ0v) is 20.7. The van der Waals surface area contributed by atoms with Crippen molar-refractivity contribution in [2.45, 2.75) is 45.1 Å². The Kier molecular flexibility index (Phi) is 6.92. The zero-order chi connectivity index (χ0) is 24.3. The van der Waals surface area contributed by atoms with Crippen LogP contribution in [0.15, 0.2) is 45.5 Å². The number of amides is 2. The second-order valence-electron chi connectivity index (χ2n) is 8.94. The molecule has 0 aliphatic carbocycles. The molecule has 1 saturated heterocycles. The molecule has 34 heavy (non-hydrogen) atoms. The second-order valence-corrected chi connectivity index (χ2v) is 9.76. The molecule has 4 heterocycles. The molecule has 178 valence electrons. The van der Waals surface area contributed by atoms with E-state index in [4.69, 9.17) is 9.15 Å². The zero-order valence-electron chi connectivity index (χ0n) is 19.1. The number of carbonyl (C=O) groups is 2. The van der Waals surface area contributed by atoms with E-state index in [1.54, 1.807) is 41.4 Å². The average molecular weight is 529 g/mol. The van der Waals surface area contributed by atoms with Crippen LogP contribution < -0.4 is 5.32 Å². The molecule has 10 nitrogen and oxygen atoms in total. The van der Waals surface area contributed by atoms with E-state index in [1.165, 1.54) is 0 Å². The first-order valence-corrected chi connectivity index (χ1v) is 11.7. The Morgan fingerprint density at radius 3 is 2.74 bits per heavy atom. The third kappa shape index (κ3) is 5.96. The molecule has 1 aliphatic rings. The van der Waals surface area contributed by atoms with Crippen molar-refractivity contribution in [2.24, 2.45) is 0 Å². The number of aromatic nitrogens is 4. The predicted octanol–water partition coefficient (Wildman–Crippen LogP) is 4.66. The van der Waals surface area contributed by atoms with Gasteiger partial charge in [-0.2, -0.15) is 0 Å². The van der Waals surface area contributed by atoms with Gasteiger partial charge < -0.3 is 19.4 Å². The van der Waals surface area contributed by atoms with Gasteiger partial charge in [-0.25, -0.2) is 14.8 Å². The van der Waals surface area contributed by atoms with Gasteiger partial charge in [0.15, 0.2) is 0 Å². The van der Waals surface area contributed by atoms with Gasteiger partial charge >= 0.3 is 6.09 Å². The summed E-state index contributed by atoms with van der Waals surface area (Å²) in [5.74, 6) is 0.737. The Morgan fingerprint density at radius 2 is 2.03 bits per heavy atom. The molecule has 3 aromatic rings. The third-order valence-corrected chi connectivity index (χ3v) is 5.50. The highest BCUT2D eigenvalue weighted by atomic mass is 79.9. The minimum Gasteiger partial charge on any atom is -0.444 e. The number of pyridine rings is 2. The molecule has 1 aliphatic heterocycles. The minimum absolute atomic E-state index is 0.0632. The van der Waals surface area contributed by atoms with Crippen molar-refractivity contribution in [1.82, 2.24) is 25.1 Å². The van der Waals surface area contributed by atoms with E-state index in [2.05, 4.69) is 41.4 Å². The lowest BCUT2D eigenvalue weighted by Gasteiger charge is -2.32. The van der Waals surface area contributed by atoms with Crippen molar-refractivity contribution in [1.29, 1.82) is 0 Å². The number of nitrogens with one attached hydrogen (secondary N) is 1. The standard InChI is InChI=1S/C23H25BrN6O4/c1-23(2,3)34-22(32)30-11-5-6-15(13-30)21-29-28-20(33-21)14-9-10-18(25-12-14)27-19(31)16-7-4-8-17(24)26-16/h4,7-10,12,15H,5-6,11,13H2,1-3H3,(H,25,27,31)/t15-/m0/s1. The molecule has 0 spiro atoms. The van der Waals surface area contributed by atoms with Crippen LogP contribution >= 0.6 is 15.9 Å². The maximum atomic E-state index is 12.4. The number of piperidine rings is 1. The van der Waals surface area contributed by atoms with Crippen LogP contribution in [0.5, 0.6) is 0 Å². The SMILES string of the molecule is CC(C)(C)OC(=O)N1CCC[C@H](c2nnc(-c3ccc(NC(=O)c4cccc(Br)n4)nc3)o2)C1. The van der Waals surface area contributed by atoms with E-state index in [-0.39, 0.29) is 23.6 Å². The fourth-order valence-electron chi connectivity index (χ4n) is 3.50. The highest BCUT2D eigenvalue weighted by Crippen LogP contribution is 2.29. The molecular weight excluding hydrogens is 504 g/mol. The number of halogens is 1. The molecule has 0 saturated carbocycles. The van der Waals surface area contributed by atoms with Crippen molar-refractivity contribution in [2.75, 3.05) is 18.4 Å². The van der Waals surface area contributed by atoms with E-state index < -0.39 is 5.60 Å². The van der Waals surface area contributed by atoms with Gasteiger partial charge in [-0.1, -0.05) is 6.07 Å². The van der Waals surface area contributed by atoms with Crippen LogP contribution in [0.1, 0.15) is 55.9 Å². The first kappa shape index (κ1) is 23.8. The number of ether oxygens (including phenoxy) is 1.